The lowest BCUT2D eigenvalue weighted by Gasteiger charge is -2.41. The van der Waals surface area contributed by atoms with Gasteiger partial charge < -0.3 is 74.0 Å². The smallest absolute Gasteiger partial charge is 0.338 e. The van der Waals surface area contributed by atoms with Crippen LogP contribution in [0.15, 0.2) is 18.2 Å². The summed E-state index contributed by atoms with van der Waals surface area (Å²) < 4.78 is 36.2. The fraction of sp³-hybridized carbons (Fsp3) is 0.625. The monoisotopic (exact) mass is 732 g/mol. The Hall–Kier alpha value is -4.08. The summed E-state index contributed by atoms with van der Waals surface area (Å²) in [7, 11) is 2.31. The number of hydrogen-bond donors (Lipinski definition) is 8. The SMILES string of the molecule is COC(=O)C[C@@](C)(CC(=O)OC/C=C/c1cc(O)c(O[C@@H]2O[C@H](CO)[C@@H](O)[C@H](O)[C@H]2O)c(OC)c1)OC(=O)[C@]1(O)C[C@@H](O)[C@@H](O)[C@H](OC(C)=O)C1. The third-order valence-corrected chi connectivity index (χ3v) is 8.17. The molecule has 1 saturated carbocycles. The third kappa shape index (κ3) is 10.5. The number of esters is 4. The number of hydrogen-bond acceptors (Lipinski definition) is 19. The van der Waals surface area contributed by atoms with Gasteiger partial charge in [-0.15, -0.1) is 0 Å². The van der Waals surface area contributed by atoms with Gasteiger partial charge in [-0.1, -0.05) is 6.08 Å². The molecule has 1 saturated heterocycles. The highest BCUT2D eigenvalue weighted by atomic mass is 16.7. The van der Waals surface area contributed by atoms with Gasteiger partial charge in [-0.3, -0.25) is 14.4 Å². The van der Waals surface area contributed by atoms with Gasteiger partial charge in [0.2, 0.25) is 12.0 Å². The van der Waals surface area contributed by atoms with Crippen LogP contribution < -0.4 is 9.47 Å². The maximum Gasteiger partial charge on any atom is 0.338 e. The van der Waals surface area contributed by atoms with Crippen LogP contribution in [0.2, 0.25) is 0 Å². The Labute approximate surface area is 291 Å². The van der Waals surface area contributed by atoms with Crippen molar-refractivity contribution in [2.75, 3.05) is 27.4 Å². The van der Waals surface area contributed by atoms with E-state index in [1.54, 1.807) is 0 Å². The van der Waals surface area contributed by atoms with E-state index in [0.29, 0.717) is 5.56 Å². The molecule has 51 heavy (non-hydrogen) atoms. The second-order valence-corrected chi connectivity index (χ2v) is 12.4. The molecule has 10 atom stereocenters. The van der Waals surface area contributed by atoms with Crippen LogP contribution in [0.3, 0.4) is 0 Å². The van der Waals surface area contributed by atoms with Crippen LogP contribution in [-0.2, 0) is 42.9 Å². The van der Waals surface area contributed by atoms with Crippen molar-refractivity contribution in [2.45, 2.75) is 99.8 Å². The quantitative estimate of drug-likeness (QED) is 0.0728. The molecular weight excluding hydrogens is 688 g/mol. The first-order valence-electron chi connectivity index (χ1n) is 15.6. The Morgan fingerprint density at radius 2 is 1.65 bits per heavy atom. The van der Waals surface area contributed by atoms with Crippen molar-refractivity contribution >= 4 is 30.0 Å². The number of methoxy groups -OCH3 is 2. The van der Waals surface area contributed by atoms with Crippen molar-refractivity contribution < 1.29 is 93.2 Å². The second kappa shape index (κ2) is 17.4. The number of aliphatic hydroxyl groups is 7. The molecule has 1 heterocycles. The summed E-state index contributed by atoms with van der Waals surface area (Å²) >= 11 is 0. The number of phenolic OH excluding ortho intramolecular Hbond substituents is 1. The van der Waals surface area contributed by atoms with Gasteiger partial charge in [-0.25, -0.2) is 4.79 Å². The zero-order valence-electron chi connectivity index (χ0n) is 28.2. The van der Waals surface area contributed by atoms with Crippen molar-refractivity contribution in [3.05, 3.63) is 23.8 Å². The second-order valence-electron chi connectivity index (χ2n) is 12.4. The summed E-state index contributed by atoms with van der Waals surface area (Å²) in [6, 6.07) is 2.60. The largest absolute Gasteiger partial charge is 0.504 e. The van der Waals surface area contributed by atoms with Crippen molar-refractivity contribution in [1.82, 2.24) is 0 Å². The fourth-order valence-corrected chi connectivity index (χ4v) is 5.51. The Morgan fingerprint density at radius 3 is 2.25 bits per heavy atom. The molecule has 3 rings (SSSR count). The molecule has 2 aliphatic rings. The van der Waals surface area contributed by atoms with E-state index in [0.717, 1.165) is 14.0 Å². The summed E-state index contributed by atoms with van der Waals surface area (Å²) in [5, 5.41) is 81.7. The van der Waals surface area contributed by atoms with Crippen LogP contribution >= 0.6 is 0 Å². The summed E-state index contributed by atoms with van der Waals surface area (Å²) in [4.78, 5) is 49.6. The van der Waals surface area contributed by atoms with Gasteiger partial charge in [0.1, 0.15) is 48.8 Å². The lowest BCUT2D eigenvalue weighted by Crippen LogP contribution is -2.60. The average Bonchev–Trinajstić information content (AvgIpc) is 3.05. The maximum atomic E-state index is 13.2. The first kappa shape index (κ1) is 41.3. The van der Waals surface area contributed by atoms with Crippen LogP contribution in [0.1, 0.15) is 45.1 Å². The van der Waals surface area contributed by atoms with E-state index in [1.807, 2.05) is 0 Å². The lowest BCUT2D eigenvalue weighted by atomic mass is 9.79. The average molecular weight is 733 g/mol. The minimum Gasteiger partial charge on any atom is -0.504 e. The van der Waals surface area contributed by atoms with Crippen molar-refractivity contribution in [2.24, 2.45) is 0 Å². The van der Waals surface area contributed by atoms with Crippen LogP contribution in [0, 0.1) is 0 Å². The molecule has 1 aromatic rings. The first-order valence-corrected chi connectivity index (χ1v) is 15.6. The molecule has 19 heteroatoms. The van der Waals surface area contributed by atoms with Crippen LogP contribution in [0.25, 0.3) is 6.08 Å². The lowest BCUT2D eigenvalue weighted by molar-refractivity contribution is -0.277. The molecule has 0 spiro atoms. The topological polar surface area (TPSA) is 295 Å². The molecule has 0 bridgehead atoms. The van der Waals surface area contributed by atoms with Crippen molar-refractivity contribution in [1.29, 1.82) is 0 Å². The molecule has 0 unspecified atom stereocenters. The Bertz CT molecular complexity index is 1430. The van der Waals surface area contributed by atoms with E-state index in [1.165, 1.54) is 38.3 Å². The van der Waals surface area contributed by atoms with E-state index >= 15 is 0 Å². The highest BCUT2D eigenvalue weighted by molar-refractivity contribution is 5.82. The highest BCUT2D eigenvalue weighted by Gasteiger charge is 2.53. The Kier molecular flexibility index (Phi) is 14.1. The van der Waals surface area contributed by atoms with Gasteiger partial charge in [0, 0.05) is 19.8 Å². The molecule has 8 N–H and O–H groups in total. The van der Waals surface area contributed by atoms with Crippen LogP contribution in [0.5, 0.6) is 17.2 Å². The normalized spacial score (nSPS) is 30.5. The van der Waals surface area contributed by atoms with E-state index in [-0.39, 0.29) is 18.1 Å². The number of ether oxygens (including phenoxy) is 7. The molecule has 0 amide bonds. The predicted molar refractivity (Wildman–Crippen MR) is 167 cm³/mol. The number of carbonyl (C=O) groups excluding carboxylic acids is 4. The van der Waals surface area contributed by atoms with E-state index in [9.17, 15) is 60.0 Å². The summed E-state index contributed by atoms with van der Waals surface area (Å²) in [5.41, 5.74) is -4.08. The summed E-state index contributed by atoms with van der Waals surface area (Å²) in [6.45, 7) is 1.19. The fourth-order valence-electron chi connectivity index (χ4n) is 5.51. The zero-order valence-corrected chi connectivity index (χ0v) is 28.2. The van der Waals surface area contributed by atoms with Gasteiger partial charge in [0.05, 0.1) is 39.8 Å². The van der Waals surface area contributed by atoms with Gasteiger partial charge >= 0.3 is 23.9 Å². The highest BCUT2D eigenvalue weighted by Crippen LogP contribution is 2.40. The Balaban J connectivity index is 1.67. The molecule has 0 aromatic heterocycles. The van der Waals surface area contributed by atoms with Gasteiger partial charge in [0.15, 0.2) is 17.1 Å². The maximum absolute atomic E-state index is 13.2. The van der Waals surface area contributed by atoms with Crippen molar-refractivity contribution in [3.63, 3.8) is 0 Å². The molecular formula is C32H44O19. The standard InChI is InChI=1S/C32H44O19/c1-15(34)48-20-11-32(44,10-18(36)24(20)39)30(43)51-31(2,12-22(37)46-4)13-23(38)47-7-5-6-16-8-17(35)28(19(9-16)45-3)50-29-27(42)26(41)25(40)21(14-33)49-29/h5-6,8-9,18,20-21,24-27,29,33,35-36,39-42,44H,7,10-14H2,1-4H3/b6-5+/t18-,20-,21-,24-,25-,26+,27-,29+,31+,32+/m1/s1. The molecule has 1 aromatic carbocycles. The number of phenols is 1. The van der Waals surface area contributed by atoms with Crippen LogP contribution in [-0.4, -0.2) is 152 Å². The summed E-state index contributed by atoms with van der Waals surface area (Å²) in [5.74, 6) is -4.88. The van der Waals surface area contributed by atoms with E-state index in [2.05, 4.69) is 4.74 Å². The molecule has 1 aliphatic heterocycles. The first-order chi connectivity index (χ1) is 23.9. The number of rotatable bonds is 14. The number of carbonyl (C=O) groups is 4. The zero-order chi connectivity index (χ0) is 38.3. The van der Waals surface area contributed by atoms with Crippen molar-refractivity contribution in [3.8, 4) is 17.2 Å². The third-order valence-electron chi connectivity index (χ3n) is 8.17. The predicted octanol–water partition coefficient (Wildman–Crippen LogP) is -2.43. The molecule has 1 aliphatic carbocycles. The summed E-state index contributed by atoms with van der Waals surface area (Å²) in [6.07, 6.45) is -12.6. The van der Waals surface area contributed by atoms with Crippen LogP contribution in [0.4, 0.5) is 0 Å². The minimum atomic E-state index is -2.47. The number of aromatic hydroxyl groups is 1. The molecule has 0 radical (unpaired) electrons. The number of benzene rings is 1. The van der Waals surface area contributed by atoms with E-state index < -0.39 is 122 Å². The molecule has 19 nitrogen and oxygen atoms in total. The molecule has 286 valence electrons. The molecule has 2 fully saturated rings. The number of aliphatic hydroxyl groups excluding tert-OH is 6. The van der Waals surface area contributed by atoms with E-state index in [4.69, 9.17) is 28.4 Å². The minimum absolute atomic E-state index is 0.0511. The Morgan fingerprint density at radius 1 is 0.980 bits per heavy atom. The van der Waals surface area contributed by atoms with Gasteiger partial charge in [-0.2, -0.15) is 0 Å². The van der Waals surface area contributed by atoms with Gasteiger partial charge in [-0.05, 0) is 30.7 Å². The van der Waals surface area contributed by atoms with Gasteiger partial charge in [0.25, 0.3) is 0 Å².